The van der Waals surface area contributed by atoms with Crippen molar-refractivity contribution in [1.82, 2.24) is 9.55 Å². The molecule has 1 heterocycles. The van der Waals surface area contributed by atoms with Crippen molar-refractivity contribution in [3.05, 3.63) is 30.1 Å². The number of nitrogens with two attached hydrogens (primary N) is 1. The van der Waals surface area contributed by atoms with Crippen LogP contribution in [0.25, 0.3) is 11.0 Å². The van der Waals surface area contributed by atoms with Crippen LogP contribution in [0, 0.1) is 0 Å². The average molecular weight is 291 g/mol. The van der Waals surface area contributed by atoms with Crippen molar-refractivity contribution < 1.29 is 9.53 Å². The second kappa shape index (κ2) is 6.00. The normalized spacial score (nSPS) is 10.9. The Kier molecular flexibility index (Phi) is 4.34. The van der Waals surface area contributed by atoms with Gasteiger partial charge in [-0.15, -0.1) is 0 Å². The number of esters is 1. The van der Waals surface area contributed by atoms with Crippen molar-refractivity contribution >= 4 is 34.2 Å². The summed E-state index contributed by atoms with van der Waals surface area (Å²) in [5.41, 5.74) is 7.28. The summed E-state index contributed by atoms with van der Waals surface area (Å²) >= 11 is 4.93. The molecule has 2 rings (SSSR count). The van der Waals surface area contributed by atoms with E-state index in [0.717, 1.165) is 11.0 Å². The van der Waals surface area contributed by atoms with Gasteiger partial charge >= 0.3 is 5.97 Å². The number of benzene rings is 1. The van der Waals surface area contributed by atoms with E-state index in [-0.39, 0.29) is 18.6 Å². The maximum absolute atomic E-state index is 11.9. The van der Waals surface area contributed by atoms with Crippen molar-refractivity contribution in [2.75, 3.05) is 0 Å². The van der Waals surface area contributed by atoms with Gasteiger partial charge in [-0.3, -0.25) is 4.79 Å². The zero-order valence-electron chi connectivity index (χ0n) is 11.5. The van der Waals surface area contributed by atoms with Crippen LogP contribution in [-0.2, 0) is 22.5 Å². The number of rotatable bonds is 5. The van der Waals surface area contributed by atoms with E-state index in [9.17, 15) is 4.79 Å². The lowest BCUT2D eigenvalue weighted by Gasteiger charge is -2.11. The number of carbonyl (C=O) groups is 1. The number of hydrogen-bond donors (Lipinski definition) is 1. The molecular formula is C14H17N3O2S. The topological polar surface area (TPSA) is 70.1 Å². The number of ether oxygens (including phenoxy) is 1. The Morgan fingerprint density at radius 1 is 1.45 bits per heavy atom. The first kappa shape index (κ1) is 14.5. The van der Waals surface area contributed by atoms with Crippen LogP contribution in [0.15, 0.2) is 24.3 Å². The number of thiocarbonyl (C=S) groups is 1. The molecule has 0 saturated carbocycles. The zero-order chi connectivity index (χ0) is 14.7. The standard InChI is InChI=1S/C14H17N3O2S/c1-9(2)19-14(18)8-17-11-6-4-3-5-10(11)16-13(17)7-12(15)20/h3-6,9H,7-8H2,1-2H3,(H2,15,20). The van der Waals surface area contributed by atoms with Crippen LogP contribution in [0.5, 0.6) is 0 Å². The lowest BCUT2D eigenvalue weighted by molar-refractivity contribution is -0.148. The van der Waals surface area contributed by atoms with Crippen molar-refractivity contribution in [3.63, 3.8) is 0 Å². The van der Waals surface area contributed by atoms with E-state index in [1.165, 1.54) is 0 Å². The van der Waals surface area contributed by atoms with Crippen molar-refractivity contribution in [2.24, 2.45) is 5.73 Å². The fraction of sp³-hybridized carbons (Fsp3) is 0.357. The predicted molar refractivity (Wildman–Crippen MR) is 81.5 cm³/mol. The van der Waals surface area contributed by atoms with E-state index in [1.54, 1.807) is 4.57 Å². The number of nitrogens with zero attached hydrogens (tertiary/aromatic N) is 2. The molecule has 2 N–H and O–H groups in total. The molecule has 0 bridgehead atoms. The third-order valence-corrected chi connectivity index (χ3v) is 2.86. The summed E-state index contributed by atoms with van der Waals surface area (Å²) in [4.78, 5) is 16.7. The molecule has 5 nitrogen and oxygen atoms in total. The minimum atomic E-state index is -0.299. The van der Waals surface area contributed by atoms with Gasteiger partial charge in [-0.1, -0.05) is 24.4 Å². The third-order valence-electron chi connectivity index (χ3n) is 2.72. The third kappa shape index (κ3) is 3.33. The zero-order valence-corrected chi connectivity index (χ0v) is 12.3. The van der Waals surface area contributed by atoms with E-state index in [0.29, 0.717) is 17.2 Å². The van der Waals surface area contributed by atoms with E-state index in [4.69, 9.17) is 22.7 Å². The number of para-hydroxylation sites is 2. The Labute approximate surface area is 122 Å². The van der Waals surface area contributed by atoms with Gasteiger partial charge in [0.2, 0.25) is 0 Å². The molecule has 0 aliphatic carbocycles. The van der Waals surface area contributed by atoms with Crippen LogP contribution in [0.1, 0.15) is 19.7 Å². The SMILES string of the molecule is CC(C)OC(=O)Cn1c(CC(N)=S)nc2ccccc21. The Morgan fingerprint density at radius 2 is 2.15 bits per heavy atom. The molecule has 0 radical (unpaired) electrons. The summed E-state index contributed by atoms with van der Waals surface area (Å²) in [6.45, 7) is 3.75. The predicted octanol–water partition coefficient (Wildman–Crippen LogP) is 1.82. The second-order valence-electron chi connectivity index (χ2n) is 4.78. The van der Waals surface area contributed by atoms with Gasteiger partial charge in [-0.25, -0.2) is 4.98 Å². The molecule has 1 aromatic heterocycles. The van der Waals surface area contributed by atoms with Crippen LogP contribution < -0.4 is 5.73 Å². The highest BCUT2D eigenvalue weighted by atomic mass is 32.1. The summed E-state index contributed by atoms with van der Waals surface area (Å²) in [5, 5.41) is 0. The molecule has 0 fully saturated rings. The molecule has 0 atom stereocenters. The fourth-order valence-corrected chi connectivity index (χ4v) is 2.15. The van der Waals surface area contributed by atoms with Gasteiger partial charge in [0.25, 0.3) is 0 Å². The largest absolute Gasteiger partial charge is 0.462 e. The molecule has 2 aromatic rings. The summed E-state index contributed by atoms with van der Waals surface area (Å²) in [6.07, 6.45) is 0.218. The lowest BCUT2D eigenvalue weighted by atomic mass is 10.3. The van der Waals surface area contributed by atoms with Crippen LogP contribution in [0.3, 0.4) is 0 Å². The smallest absolute Gasteiger partial charge is 0.326 e. The Balaban J connectivity index is 2.37. The van der Waals surface area contributed by atoms with Crippen molar-refractivity contribution in [2.45, 2.75) is 32.9 Å². The van der Waals surface area contributed by atoms with Gasteiger partial charge in [0.05, 0.1) is 28.5 Å². The van der Waals surface area contributed by atoms with Gasteiger partial charge in [-0.05, 0) is 26.0 Å². The van der Waals surface area contributed by atoms with E-state index in [2.05, 4.69) is 4.98 Å². The van der Waals surface area contributed by atoms with Gasteiger partial charge in [-0.2, -0.15) is 0 Å². The number of hydrogen-bond acceptors (Lipinski definition) is 4. The quantitative estimate of drug-likeness (QED) is 0.672. The molecule has 0 aliphatic heterocycles. The molecule has 0 amide bonds. The first-order valence-electron chi connectivity index (χ1n) is 6.39. The Hall–Kier alpha value is -1.95. The minimum Gasteiger partial charge on any atom is -0.462 e. The summed E-state index contributed by atoms with van der Waals surface area (Å²) in [6, 6.07) is 7.60. The highest BCUT2D eigenvalue weighted by Gasteiger charge is 2.15. The van der Waals surface area contributed by atoms with Gasteiger partial charge in [0.1, 0.15) is 12.4 Å². The van der Waals surface area contributed by atoms with Crippen LogP contribution in [0.2, 0.25) is 0 Å². The fourth-order valence-electron chi connectivity index (χ4n) is 2.02. The number of fused-ring (bicyclic) bond motifs is 1. The van der Waals surface area contributed by atoms with Gasteiger partial charge < -0.3 is 15.0 Å². The second-order valence-corrected chi connectivity index (χ2v) is 5.31. The van der Waals surface area contributed by atoms with Gasteiger partial charge in [0.15, 0.2) is 0 Å². The van der Waals surface area contributed by atoms with Crippen LogP contribution in [0.4, 0.5) is 0 Å². The first-order valence-corrected chi connectivity index (χ1v) is 6.80. The Morgan fingerprint density at radius 3 is 2.80 bits per heavy atom. The first-order chi connectivity index (χ1) is 9.47. The average Bonchev–Trinajstić information content (AvgIpc) is 2.66. The summed E-state index contributed by atoms with van der Waals surface area (Å²) in [7, 11) is 0. The maximum Gasteiger partial charge on any atom is 0.326 e. The highest BCUT2D eigenvalue weighted by Crippen LogP contribution is 2.16. The molecule has 106 valence electrons. The van der Waals surface area contributed by atoms with Crippen LogP contribution in [-0.4, -0.2) is 26.6 Å². The summed E-state index contributed by atoms with van der Waals surface area (Å²) in [5.74, 6) is 0.381. The molecule has 1 aromatic carbocycles. The monoisotopic (exact) mass is 291 g/mol. The number of carbonyl (C=O) groups excluding carboxylic acids is 1. The van der Waals surface area contributed by atoms with Crippen molar-refractivity contribution in [3.8, 4) is 0 Å². The number of aromatic nitrogens is 2. The van der Waals surface area contributed by atoms with E-state index < -0.39 is 0 Å². The Bertz CT molecular complexity index is 649. The molecule has 20 heavy (non-hydrogen) atoms. The van der Waals surface area contributed by atoms with Gasteiger partial charge in [0, 0.05) is 0 Å². The van der Waals surface area contributed by atoms with Crippen LogP contribution >= 0.6 is 12.2 Å². The molecular weight excluding hydrogens is 274 g/mol. The lowest BCUT2D eigenvalue weighted by Crippen LogP contribution is -2.21. The maximum atomic E-state index is 11.9. The highest BCUT2D eigenvalue weighted by molar-refractivity contribution is 7.80. The molecule has 0 saturated heterocycles. The summed E-state index contributed by atoms with van der Waals surface area (Å²) < 4.78 is 6.99. The molecule has 0 unspecified atom stereocenters. The molecule has 0 aliphatic rings. The van der Waals surface area contributed by atoms with Crippen molar-refractivity contribution in [1.29, 1.82) is 0 Å². The van der Waals surface area contributed by atoms with E-state index >= 15 is 0 Å². The minimum absolute atomic E-state index is 0.108. The number of imidazole rings is 1. The molecule has 0 spiro atoms. The van der Waals surface area contributed by atoms with E-state index in [1.807, 2.05) is 38.1 Å². The molecule has 6 heteroatoms.